The van der Waals surface area contributed by atoms with E-state index in [9.17, 15) is 14.7 Å². The number of piperidine rings is 2. The van der Waals surface area contributed by atoms with Crippen molar-refractivity contribution in [1.82, 2.24) is 20.0 Å². The van der Waals surface area contributed by atoms with Crippen LogP contribution in [-0.4, -0.2) is 90.0 Å². The average molecular weight is 736 g/mol. The molecule has 3 fully saturated rings. The number of phenols is 1. The number of piperazine rings is 1. The summed E-state index contributed by atoms with van der Waals surface area (Å²) in [6, 6.07) is 32.3. The number of carbonyl (C=O) groups is 2. The number of hydrogen-bond donors (Lipinski definition) is 2. The van der Waals surface area contributed by atoms with E-state index in [0.717, 1.165) is 82.0 Å². The Kier molecular flexibility index (Phi) is 9.96. The molecule has 55 heavy (non-hydrogen) atoms. The van der Waals surface area contributed by atoms with Gasteiger partial charge in [0.2, 0.25) is 5.91 Å². The maximum absolute atomic E-state index is 13.2. The fraction of sp³-hybridized carbons (Fsp3) is 0.404. The normalized spacial score (nSPS) is 23.8. The summed E-state index contributed by atoms with van der Waals surface area (Å²) in [5.41, 5.74) is 10.5. The molecule has 4 aliphatic heterocycles. The van der Waals surface area contributed by atoms with Crippen LogP contribution in [0.5, 0.6) is 5.75 Å². The summed E-state index contributed by atoms with van der Waals surface area (Å²) < 4.78 is 0. The smallest absolute Gasteiger partial charge is 0.255 e. The molecular weight excluding hydrogens is 683 g/mol. The number of anilines is 1. The van der Waals surface area contributed by atoms with Gasteiger partial charge >= 0.3 is 0 Å². The lowest BCUT2D eigenvalue weighted by Crippen LogP contribution is -2.49. The lowest BCUT2D eigenvalue weighted by molar-refractivity contribution is -0.126. The standard InChI is InChI=1S/C47H53N5O3/c1-32-7-18-44(46(54)48-32)52-31-38-29-39(13-16-43(38)47(52)55)51-27-25-50(26-28-51)24-23-49-21-19-34(20-22-49)33-8-10-36(11-9-33)45-41(35-5-3-2-4-6-35)15-12-37-30-40(53)14-17-42(37)45/h2-6,8-11,13-14,16-17,29-30,34,41,44-45,53H,1,7,12,15,18-28,31H2,(H,48,54)/t41-,44?,45+/m1/s1. The molecule has 0 bridgehead atoms. The highest BCUT2D eigenvalue weighted by Crippen LogP contribution is 2.47. The Labute approximate surface area is 325 Å². The Hall–Kier alpha value is -4.92. The van der Waals surface area contributed by atoms with Gasteiger partial charge in [-0.2, -0.15) is 0 Å². The summed E-state index contributed by atoms with van der Waals surface area (Å²) in [7, 11) is 0. The number of allylic oxidation sites excluding steroid dienone is 1. The second kappa shape index (κ2) is 15.3. The predicted octanol–water partition coefficient (Wildman–Crippen LogP) is 7.00. The van der Waals surface area contributed by atoms with Crippen LogP contribution < -0.4 is 10.2 Å². The van der Waals surface area contributed by atoms with E-state index < -0.39 is 6.04 Å². The average Bonchev–Trinajstić information content (AvgIpc) is 3.55. The minimum Gasteiger partial charge on any atom is -0.508 e. The number of amides is 2. The molecule has 2 N–H and O–H groups in total. The van der Waals surface area contributed by atoms with Gasteiger partial charge in [0.1, 0.15) is 11.8 Å². The maximum atomic E-state index is 13.2. The summed E-state index contributed by atoms with van der Waals surface area (Å²) in [4.78, 5) is 35.2. The number of benzene rings is 4. The molecular formula is C47H53N5O3. The maximum Gasteiger partial charge on any atom is 0.255 e. The summed E-state index contributed by atoms with van der Waals surface area (Å²) in [6.45, 7) is 12.9. The molecule has 0 aromatic heterocycles. The minimum atomic E-state index is -0.424. The highest BCUT2D eigenvalue weighted by molar-refractivity contribution is 6.01. The fourth-order valence-corrected chi connectivity index (χ4v) is 10.1. The molecule has 4 heterocycles. The van der Waals surface area contributed by atoms with Crippen molar-refractivity contribution in [3.05, 3.63) is 142 Å². The molecule has 8 nitrogen and oxygen atoms in total. The van der Waals surface area contributed by atoms with Gasteiger partial charge in [0.05, 0.1) is 0 Å². The monoisotopic (exact) mass is 735 g/mol. The molecule has 0 spiro atoms. The van der Waals surface area contributed by atoms with Crippen molar-refractivity contribution in [1.29, 1.82) is 0 Å². The highest BCUT2D eigenvalue weighted by atomic mass is 16.3. The molecule has 1 unspecified atom stereocenters. The van der Waals surface area contributed by atoms with E-state index in [1.165, 1.54) is 46.3 Å². The largest absolute Gasteiger partial charge is 0.508 e. The van der Waals surface area contributed by atoms with Crippen LogP contribution >= 0.6 is 0 Å². The first-order chi connectivity index (χ1) is 26.9. The Morgan fingerprint density at radius 2 is 1.42 bits per heavy atom. The summed E-state index contributed by atoms with van der Waals surface area (Å²) in [5.74, 6) is 1.51. The third kappa shape index (κ3) is 7.30. The van der Waals surface area contributed by atoms with Crippen molar-refractivity contribution < 1.29 is 14.7 Å². The number of phenolic OH excluding ortho intramolecular Hbond substituents is 1. The molecule has 2 amide bonds. The Morgan fingerprint density at radius 1 is 0.691 bits per heavy atom. The third-order valence-electron chi connectivity index (χ3n) is 13.3. The van der Waals surface area contributed by atoms with Gasteiger partial charge in [-0.3, -0.25) is 14.5 Å². The van der Waals surface area contributed by atoms with Crippen molar-refractivity contribution in [3.8, 4) is 5.75 Å². The predicted molar refractivity (Wildman–Crippen MR) is 218 cm³/mol. The molecule has 1 aliphatic carbocycles. The molecule has 0 saturated carbocycles. The molecule has 4 aromatic carbocycles. The molecule has 5 aliphatic rings. The second-order valence-electron chi connectivity index (χ2n) is 16.4. The number of fused-ring (bicyclic) bond motifs is 2. The summed E-state index contributed by atoms with van der Waals surface area (Å²) in [5, 5.41) is 13.1. The first kappa shape index (κ1) is 35.8. The molecule has 0 radical (unpaired) electrons. The lowest BCUT2D eigenvalue weighted by atomic mass is 9.69. The Balaban J connectivity index is 0.756. The highest BCUT2D eigenvalue weighted by Gasteiger charge is 2.38. The molecule has 8 heteroatoms. The van der Waals surface area contributed by atoms with E-state index in [-0.39, 0.29) is 17.7 Å². The van der Waals surface area contributed by atoms with E-state index in [1.807, 2.05) is 18.2 Å². The van der Waals surface area contributed by atoms with E-state index in [4.69, 9.17) is 0 Å². The molecule has 3 saturated heterocycles. The number of nitrogens with zero attached hydrogens (tertiary/aromatic N) is 4. The number of likely N-dealkylation sites (tertiary alicyclic amines) is 1. The summed E-state index contributed by atoms with van der Waals surface area (Å²) >= 11 is 0. The zero-order valence-electron chi connectivity index (χ0n) is 31.8. The topological polar surface area (TPSA) is 79.4 Å². The van der Waals surface area contributed by atoms with E-state index in [1.54, 1.807) is 4.90 Å². The van der Waals surface area contributed by atoms with Crippen LogP contribution in [0.3, 0.4) is 0 Å². The number of carbonyl (C=O) groups excluding carboxylic acids is 2. The van der Waals surface area contributed by atoms with Gasteiger partial charge in [-0.25, -0.2) is 0 Å². The van der Waals surface area contributed by atoms with Crippen LogP contribution in [-0.2, 0) is 17.8 Å². The second-order valence-corrected chi connectivity index (χ2v) is 16.4. The molecule has 284 valence electrons. The van der Waals surface area contributed by atoms with E-state index in [2.05, 4.69) is 99.4 Å². The number of rotatable bonds is 8. The number of aromatic hydroxyl groups is 1. The fourth-order valence-electron chi connectivity index (χ4n) is 10.1. The first-order valence-corrected chi connectivity index (χ1v) is 20.5. The number of nitrogens with one attached hydrogen (secondary N) is 1. The van der Waals surface area contributed by atoms with Crippen molar-refractivity contribution >= 4 is 17.5 Å². The van der Waals surface area contributed by atoms with E-state index >= 15 is 0 Å². The summed E-state index contributed by atoms with van der Waals surface area (Å²) in [6.07, 6.45) is 5.81. The van der Waals surface area contributed by atoms with Crippen molar-refractivity contribution in [3.63, 3.8) is 0 Å². The van der Waals surface area contributed by atoms with Gasteiger partial charge in [-0.15, -0.1) is 0 Å². The van der Waals surface area contributed by atoms with Crippen molar-refractivity contribution in [2.75, 3.05) is 57.3 Å². The zero-order chi connectivity index (χ0) is 37.5. The van der Waals surface area contributed by atoms with Crippen LogP contribution in [0.4, 0.5) is 5.69 Å². The van der Waals surface area contributed by atoms with Crippen LogP contribution in [0.2, 0.25) is 0 Å². The van der Waals surface area contributed by atoms with Gasteiger partial charge in [-0.05, 0) is 127 Å². The van der Waals surface area contributed by atoms with Crippen molar-refractivity contribution in [2.24, 2.45) is 0 Å². The number of hydrogen-bond acceptors (Lipinski definition) is 6. The first-order valence-electron chi connectivity index (χ1n) is 20.5. The molecule has 4 aromatic rings. The van der Waals surface area contributed by atoms with Gasteiger partial charge in [0.15, 0.2) is 0 Å². The zero-order valence-corrected chi connectivity index (χ0v) is 31.8. The van der Waals surface area contributed by atoms with Crippen molar-refractivity contribution in [2.45, 2.75) is 68.9 Å². The Bertz CT molecular complexity index is 2050. The molecule has 3 atom stereocenters. The van der Waals surface area contributed by atoms with E-state index in [0.29, 0.717) is 37.0 Å². The van der Waals surface area contributed by atoms with Crippen LogP contribution in [0, 0.1) is 0 Å². The Morgan fingerprint density at radius 3 is 2.16 bits per heavy atom. The van der Waals surface area contributed by atoms with Gasteiger partial charge in [0, 0.05) is 68.7 Å². The molecule has 9 rings (SSSR count). The SMILES string of the molecule is C=C1CCC(N2Cc3cc(N4CCN(CCN5CCC(c6ccc([C@@H]7c8ccc(O)cc8CC[C@@H]7c7ccccc7)cc6)CC5)CC4)ccc3C2=O)C(=O)N1. The van der Waals surface area contributed by atoms with Gasteiger partial charge in [0.25, 0.3) is 5.91 Å². The van der Waals surface area contributed by atoms with Crippen LogP contribution in [0.15, 0.2) is 103 Å². The number of aryl methyl sites for hydroxylation is 1. The third-order valence-corrected chi connectivity index (χ3v) is 13.3. The van der Waals surface area contributed by atoms with Gasteiger partial charge in [-0.1, -0.05) is 67.2 Å². The van der Waals surface area contributed by atoms with Crippen LogP contribution in [0.1, 0.15) is 93.6 Å². The minimum absolute atomic E-state index is 0.0394. The van der Waals surface area contributed by atoms with Crippen LogP contribution in [0.25, 0.3) is 0 Å². The quantitative estimate of drug-likeness (QED) is 0.203. The van der Waals surface area contributed by atoms with Gasteiger partial charge < -0.3 is 25.1 Å². The lowest BCUT2D eigenvalue weighted by Gasteiger charge is -2.38.